The fraction of sp³-hybridized carbons (Fsp3) is 0.333. The molecule has 4 rings (SSSR count). The van der Waals surface area contributed by atoms with E-state index in [2.05, 4.69) is 20.1 Å². The van der Waals surface area contributed by atoms with Crippen molar-refractivity contribution in [3.63, 3.8) is 0 Å². The summed E-state index contributed by atoms with van der Waals surface area (Å²) in [6.07, 6.45) is 0.325. The minimum atomic E-state index is -4.31. The third-order valence-electron chi connectivity index (χ3n) is 5.17. The second-order valence-corrected chi connectivity index (χ2v) is 8.22. The van der Waals surface area contributed by atoms with Crippen LogP contribution in [0.15, 0.2) is 53.8 Å². The third-order valence-corrected chi connectivity index (χ3v) is 6.17. The van der Waals surface area contributed by atoms with Crippen molar-refractivity contribution in [3.05, 3.63) is 59.8 Å². The first-order valence-corrected chi connectivity index (χ1v) is 10.7. The molecule has 0 radical (unpaired) electrons. The zero-order valence-electron chi connectivity index (χ0n) is 16.5. The Morgan fingerprint density at radius 1 is 1.17 bits per heavy atom. The summed E-state index contributed by atoms with van der Waals surface area (Å²) in [6, 6.07) is 9.47. The van der Waals surface area contributed by atoms with Crippen molar-refractivity contribution in [2.75, 3.05) is 25.4 Å². The van der Waals surface area contributed by atoms with Gasteiger partial charge in [0.25, 0.3) is 0 Å². The zero-order valence-corrected chi connectivity index (χ0v) is 17.3. The molecule has 3 heterocycles. The number of rotatable bonds is 6. The molecule has 0 atom stereocenters. The lowest BCUT2D eigenvalue weighted by molar-refractivity contribution is -0.137. The van der Waals surface area contributed by atoms with Crippen LogP contribution in [-0.2, 0) is 13.2 Å². The first kappa shape index (κ1) is 20.7. The molecule has 0 saturated carbocycles. The van der Waals surface area contributed by atoms with Gasteiger partial charge in [0.05, 0.1) is 11.3 Å². The van der Waals surface area contributed by atoms with Crippen LogP contribution in [0.3, 0.4) is 0 Å². The lowest BCUT2D eigenvalue weighted by atomic mass is 9.97. The molecule has 0 unspecified atom stereocenters. The highest BCUT2D eigenvalue weighted by atomic mass is 32.2. The van der Waals surface area contributed by atoms with Crippen molar-refractivity contribution in [3.8, 4) is 11.5 Å². The van der Waals surface area contributed by atoms with Gasteiger partial charge in [0.1, 0.15) is 0 Å². The van der Waals surface area contributed by atoms with E-state index >= 15 is 0 Å². The van der Waals surface area contributed by atoms with E-state index in [1.54, 1.807) is 17.8 Å². The quantitative estimate of drug-likeness (QED) is 0.572. The van der Waals surface area contributed by atoms with E-state index in [-0.39, 0.29) is 0 Å². The Balaban J connectivity index is 1.31. The molecule has 1 aliphatic heterocycles. The first-order chi connectivity index (χ1) is 14.4. The normalized spacial score (nSPS) is 15.4. The van der Waals surface area contributed by atoms with Crippen LogP contribution in [0.1, 0.15) is 17.5 Å². The molecule has 0 aliphatic carbocycles. The number of hydrogen-bond donors (Lipinski definition) is 1. The Morgan fingerprint density at radius 2 is 2.03 bits per heavy atom. The molecule has 0 fully saturated rings. The molecular weight excluding hydrogens is 411 g/mol. The number of thioether (sulfide) groups is 1. The Morgan fingerprint density at radius 3 is 2.73 bits per heavy atom. The summed E-state index contributed by atoms with van der Waals surface area (Å²) in [7, 11) is 1.95. The van der Waals surface area contributed by atoms with Crippen LogP contribution < -0.4 is 0 Å². The second kappa shape index (κ2) is 8.69. The van der Waals surface area contributed by atoms with Crippen LogP contribution in [0, 0.1) is 0 Å². The number of hydrogen-bond acceptors (Lipinski definition) is 4. The summed E-state index contributed by atoms with van der Waals surface area (Å²) in [5.74, 6) is 1.66. The van der Waals surface area contributed by atoms with Crippen LogP contribution >= 0.6 is 11.8 Å². The maximum absolute atomic E-state index is 12.9. The SMILES string of the molecule is Cn1c(SCCN2CC=C(c3cccc(C(F)(F)F)c3)CC2)nnc1-c1ccc[nH]1. The summed E-state index contributed by atoms with van der Waals surface area (Å²) in [5.41, 5.74) is 1.98. The van der Waals surface area contributed by atoms with Crippen LogP contribution in [0.4, 0.5) is 13.2 Å². The molecule has 0 bridgehead atoms. The molecule has 0 saturated heterocycles. The van der Waals surface area contributed by atoms with Gasteiger partial charge in [-0.1, -0.05) is 30.0 Å². The van der Waals surface area contributed by atoms with E-state index in [1.165, 1.54) is 12.1 Å². The van der Waals surface area contributed by atoms with Crippen molar-refractivity contribution in [2.24, 2.45) is 7.05 Å². The van der Waals surface area contributed by atoms with Gasteiger partial charge >= 0.3 is 6.18 Å². The van der Waals surface area contributed by atoms with Crippen molar-refractivity contribution >= 4 is 17.3 Å². The average Bonchev–Trinajstić information content (AvgIpc) is 3.38. The highest BCUT2D eigenvalue weighted by molar-refractivity contribution is 7.99. The van der Waals surface area contributed by atoms with E-state index in [4.69, 9.17) is 0 Å². The number of benzene rings is 1. The standard InChI is InChI=1S/C21H22F3N5S/c1-28-19(18-6-3-9-25-18)26-27-20(28)30-13-12-29-10-7-15(8-11-29)16-4-2-5-17(14-16)21(22,23)24/h2-7,9,14,25H,8,10-13H2,1H3. The predicted octanol–water partition coefficient (Wildman–Crippen LogP) is 4.71. The first-order valence-electron chi connectivity index (χ1n) is 9.67. The summed E-state index contributed by atoms with van der Waals surface area (Å²) in [4.78, 5) is 5.43. The molecule has 2 aromatic heterocycles. The van der Waals surface area contributed by atoms with Gasteiger partial charge in [-0.05, 0) is 41.8 Å². The molecule has 5 nitrogen and oxygen atoms in total. The Hall–Kier alpha value is -2.52. The van der Waals surface area contributed by atoms with Crippen molar-refractivity contribution in [1.82, 2.24) is 24.6 Å². The van der Waals surface area contributed by atoms with Crippen molar-refractivity contribution < 1.29 is 13.2 Å². The van der Waals surface area contributed by atoms with E-state index in [0.717, 1.165) is 60.1 Å². The smallest absolute Gasteiger partial charge is 0.359 e. The number of halogens is 3. The lowest BCUT2D eigenvalue weighted by Gasteiger charge is -2.26. The van der Waals surface area contributed by atoms with Gasteiger partial charge in [0, 0.05) is 38.6 Å². The minimum absolute atomic E-state index is 0.595. The molecule has 9 heteroatoms. The number of aromatic nitrogens is 4. The molecule has 30 heavy (non-hydrogen) atoms. The largest absolute Gasteiger partial charge is 0.416 e. The highest BCUT2D eigenvalue weighted by Gasteiger charge is 2.30. The summed E-state index contributed by atoms with van der Waals surface area (Å²) in [5, 5.41) is 9.37. The molecule has 1 aliphatic rings. The van der Waals surface area contributed by atoms with Gasteiger partial charge in [-0.25, -0.2) is 0 Å². The molecule has 0 amide bonds. The molecular formula is C21H22F3N5S. The Kier molecular flexibility index (Phi) is 6.01. The minimum Gasteiger partial charge on any atom is -0.359 e. The molecule has 158 valence electrons. The predicted molar refractivity (Wildman–Crippen MR) is 112 cm³/mol. The van der Waals surface area contributed by atoms with Crippen molar-refractivity contribution in [2.45, 2.75) is 17.8 Å². The number of nitrogens with zero attached hydrogens (tertiary/aromatic N) is 4. The van der Waals surface area contributed by atoms with Gasteiger partial charge in [0.15, 0.2) is 11.0 Å². The van der Waals surface area contributed by atoms with Gasteiger partial charge in [0.2, 0.25) is 0 Å². The van der Waals surface area contributed by atoms with Gasteiger partial charge in [-0.3, -0.25) is 4.90 Å². The number of H-pyrrole nitrogens is 1. The number of nitrogens with one attached hydrogen (secondary N) is 1. The van der Waals surface area contributed by atoms with Crippen LogP contribution in [-0.4, -0.2) is 50.0 Å². The van der Waals surface area contributed by atoms with Gasteiger partial charge in [-0.15, -0.1) is 10.2 Å². The van der Waals surface area contributed by atoms with E-state index in [1.807, 2.05) is 36.0 Å². The number of aromatic amines is 1. The van der Waals surface area contributed by atoms with Crippen LogP contribution in [0.5, 0.6) is 0 Å². The van der Waals surface area contributed by atoms with Gasteiger partial charge < -0.3 is 9.55 Å². The fourth-order valence-electron chi connectivity index (χ4n) is 3.48. The summed E-state index contributed by atoms with van der Waals surface area (Å²) in [6.45, 7) is 2.44. The fourth-order valence-corrected chi connectivity index (χ4v) is 4.39. The summed E-state index contributed by atoms with van der Waals surface area (Å²) >= 11 is 1.65. The lowest BCUT2D eigenvalue weighted by Crippen LogP contribution is -2.30. The maximum Gasteiger partial charge on any atom is 0.416 e. The van der Waals surface area contributed by atoms with E-state index < -0.39 is 11.7 Å². The summed E-state index contributed by atoms with van der Waals surface area (Å²) < 4.78 is 40.8. The van der Waals surface area contributed by atoms with E-state index in [9.17, 15) is 13.2 Å². The van der Waals surface area contributed by atoms with Crippen LogP contribution in [0.25, 0.3) is 17.1 Å². The highest BCUT2D eigenvalue weighted by Crippen LogP contribution is 2.32. The van der Waals surface area contributed by atoms with Crippen molar-refractivity contribution in [1.29, 1.82) is 0 Å². The monoisotopic (exact) mass is 433 g/mol. The molecule has 3 aromatic rings. The van der Waals surface area contributed by atoms with Gasteiger partial charge in [-0.2, -0.15) is 13.2 Å². The number of alkyl halides is 3. The average molecular weight is 434 g/mol. The maximum atomic E-state index is 12.9. The van der Waals surface area contributed by atoms with Crippen LogP contribution in [0.2, 0.25) is 0 Å². The van der Waals surface area contributed by atoms with E-state index in [0.29, 0.717) is 5.56 Å². The third kappa shape index (κ3) is 4.62. The molecule has 1 N–H and O–H groups in total. The zero-order chi connectivity index (χ0) is 21.1. The molecule has 1 aromatic carbocycles. The molecule has 0 spiro atoms. The topological polar surface area (TPSA) is 49.7 Å². The Labute approximate surface area is 177 Å². The Bertz CT molecular complexity index is 1020. The second-order valence-electron chi connectivity index (χ2n) is 7.16.